The van der Waals surface area contributed by atoms with Crippen LogP contribution in [0.15, 0.2) is 24.3 Å². The van der Waals surface area contributed by atoms with Gasteiger partial charge < -0.3 is 15.2 Å². The zero-order chi connectivity index (χ0) is 11.2. The van der Waals surface area contributed by atoms with Crippen LogP contribution in [0.3, 0.4) is 0 Å². The van der Waals surface area contributed by atoms with Gasteiger partial charge in [0.05, 0.1) is 18.9 Å². The summed E-state index contributed by atoms with van der Waals surface area (Å²) in [4.78, 5) is 2.36. The summed E-state index contributed by atoms with van der Waals surface area (Å²) in [5, 5.41) is 12.8. The van der Waals surface area contributed by atoms with E-state index in [2.05, 4.69) is 10.2 Å². The third-order valence-electron chi connectivity index (χ3n) is 2.75. The lowest BCUT2D eigenvalue weighted by molar-refractivity contribution is 0.0398. The minimum atomic E-state index is 0.310. The van der Waals surface area contributed by atoms with E-state index in [0.717, 1.165) is 45.1 Å². The predicted molar refractivity (Wildman–Crippen MR) is 63.9 cm³/mol. The minimum Gasteiger partial charge on any atom is -0.506 e. The molecule has 0 atom stereocenters. The molecule has 16 heavy (non-hydrogen) atoms. The Morgan fingerprint density at radius 1 is 1.25 bits per heavy atom. The largest absolute Gasteiger partial charge is 0.506 e. The van der Waals surface area contributed by atoms with Crippen molar-refractivity contribution in [3.63, 3.8) is 0 Å². The van der Waals surface area contributed by atoms with Crippen molar-refractivity contribution < 1.29 is 9.84 Å². The Bertz CT molecular complexity index is 325. The second-order valence-electron chi connectivity index (χ2n) is 3.90. The molecule has 2 rings (SSSR count). The van der Waals surface area contributed by atoms with Gasteiger partial charge in [-0.15, -0.1) is 0 Å². The molecule has 1 aliphatic heterocycles. The molecule has 0 aliphatic carbocycles. The molecule has 88 valence electrons. The van der Waals surface area contributed by atoms with E-state index in [0.29, 0.717) is 5.75 Å². The van der Waals surface area contributed by atoms with E-state index in [1.165, 1.54) is 0 Å². The summed E-state index contributed by atoms with van der Waals surface area (Å²) in [5.41, 5.74) is 0.802. The van der Waals surface area contributed by atoms with Crippen molar-refractivity contribution >= 4 is 5.69 Å². The van der Waals surface area contributed by atoms with Crippen LogP contribution in [0.2, 0.25) is 0 Å². The molecule has 1 aromatic carbocycles. The summed E-state index contributed by atoms with van der Waals surface area (Å²) in [6, 6.07) is 7.31. The van der Waals surface area contributed by atoms with Gasteiger partial charge in [-0.25, -0.2) is 0 Å². The topological polar surface area (TPSA) is 44.7 Å². The first-order valence-electron chi connectivity index (χ1n) is 5.68. The van der Waals surface area contributed by atoms with Crippen LogP contribution in [0.1, 0.15) is 0 Å². The maximum absolute atomic E-state index is 9.55. The number of para-hydroxylation sites is 2. The summed E-state index contributed by atoms with van der Waals surface area (Å²) in [7, 11) is 0. The molecular weight excluding hydrogens is 204 g/mol. The standard InChI is InChI=1S/C12H18N2O2/c15-12-4-2-1-3-11(12)13-5-6-14-7-9-16-10-8-14/h1-4,13,15H,5-10H2. The average molecular weight is 222 g/mol. The van der Waals surface area contributed by atoms with E-state index in [9.17, 15) is 5.11 Å². The number of aromatic hydroxyl groups is 1. The van der Waals surface area contributed by atoms with E-state index in [4.69, 9.17) is 4.74 Å². The lowest BCUT2D eigenvalue weighted by Crippen LogP contribution is -2.38. The van der Waals surface area contributed by atoms with Gasteiger partial charge in [0.15, 0.2) is 0 Å². The van der Waals surface area contributed by atoms with Crippen LogP contribution in [0.25, 0.3) is 0 Å². The van der Waals surface area contributed by atoms with Crippen molar-refractivity contribution in [2.45, 2.75) is 0 Å². The van der Waals surface area contributed by atoms with Gasteiger partial charge in [-0.1, -0.05) is 12.1 Å². The number of phenols is 1. The van der Waals surface area contributed by atoms with Crippen LogP contribution in [0, 0.1) is 0 Å². The normalized spacial score (nSPS) is 17.2. The van der Waals surface area contributed by atoms with E-state index in [1.54, 1.807) is 6.07 Å². The second kappa shape index (κ2) is 5.72. The van der Waals surface area contributed by atoms with Crippen molar-refractivity contribution in [2.24, 2.45) is 0 Å². The van der Waals surface area contributed by atoms with Crippen molar-refractivity contribution in [3.05, 3.63) is 24.3 Å². The molecule has 1 saturated heterocycles. The highest BCUT2D eigenvalue weighted by Crippen LogP contribution is 2.20. The summed E-state index contributed by atoms with van der Waals surface area (Å²) < 4.78 is 5.28. The van der Waals surface area contributed by atoms with E-state index in [1.807, 2.05) is 18.2 Å². The maximum atomic E-state index is 9.55. The molecule has 1 heterocycles. The zero-order valence-electron chi connectivity index (χ0n) is 9.35. The molecule has 1 aromatic rings. The van der Waals surface area contributed by atoms with Crippen molar-refractivity contribution in [2.75, 3.05) is 44.7 Å². The smallest absolute Gasteiger partial charge is 0.138 e. The number of ether oxygens (including phenoxy) is 1. The molecule has 4 heteroatoms. The molecular formula is C12H18N2O2. The van der Waals surface area contributed by atoms with Crippen LogP contribution in [0.4, 0.5) is 5.69 Å². The van der Waals surface area contributed by atoms with Crippen molar-refractivity contribution in [1.82, 2.24) is 4.90 Å². The SMILES string of the molecule is Oc1ccccc1NCCN1CCOCC1. The molecule has 0 unspecified atom stereocenters. The lowest BCUT2D eigenvalue weighted by atomic mass is 10.3. The quantitative estimate of drug-likeness (QED) is 0.750. The number of anilines is 1. The number of phenolic OH excluding ortho intramolecular Hbond substituents is 1. The number of benzene rings is 1. The Hall–Kier alpha value is -1.26. The lowest BCUT2D eigenvalue weighted by Gasteiger charge is -2.26. The zero-order valence-corrected chi connectivity index (χ0v) is 9.35. The first kappa shape index (κ1) is 11.2. The van der Waals surface area contributed by atoms with Gasteiger partial charge in [0.1, 0.15) is 5.75 Å². The maximum Gasteiger partial charge on any atom is 0.138 e. The molecule has 2 N–H and O–H groups in total. The molecule has 0 aromatic heterocycles. The number of nitrogens with zero attached hydrogens (tertiary/aromatic N) is 1. The second-order valence-corrected chi connectivity index (χ2v) is 3.90. The predicted octanol–water partition coefficient (Wildman–Crippen LogP) is 1.14. The molecule has 0 bridgehead atoms. The van der Waals surface area contributed by atoms with Crippen LogP contribution in [-0.4, -0.2) is 49.4 Å². The number of rotatable bonds is 4. The average Bonchev–Trinajstić information content (AvgIpc) is 2.33. The fraction of sp³-hybridized carbons (Fsp3) is 0.500. The first-order valence-corrected chi connectivity index (χ1v) is 5.68. The molecule has 0 amide bonds. The summed E-state index contributed by atoms with van der Waals surface area (Å²) >= 11 is 0. The number of nitrogens with one attached hydrogen (secondary N) is 1. The van der Waals surface area contributed by atoms with Crippen molar-refractivity contribution in [3.8, 4) is 5.75 Å². The monoisotopic (exact) mass is 222 g/mol. The summed E-state index contributed by atoms with van der Waals surface area (Å²) in [6.07, 6.45) is 0. The van der Waals surface area contributed by atoms with E-state index >= 15 is 0 Å². The molecule has 1 fully saturated rings. The third-order valence-corrected chi connectivity index (χ3v) is 2.75. The van der Waals surface area contributed by atoms with Gasteiger partial charge >= 0.3 is 0 Å². The summed E-state index contributed by atoms with van der Waals surface area (Å²) in [6.45, 7) is 5.49. The van der Waals surface area contributed by atoms with Crippen LogP contribution < -0.4 is 5.32 Å². The van der Waals surface area contributed by atoms with Gasteiger partial charge in [-0.2, -0.15) is 0 Å². The van der Waals surface area contributed by atoms with Crippen LogP contribution in [-0.2, 0) is 4.74 Å². The molecule has 0 spiro atoms. The van der Waals surface area contributed by atoms with Crippen LogP contribution >= 0.6 is 0 Å². The Balaban J connectivity index is 1.73. The minimum absolute atomic E-state index is 0.310. The number of morpholine rings is 1. The summed E-state index contributed by atoms with van der Waals surface area (Å²) in [5.74, 6) is 0.310. The highest BCUT2D eigenvalue weighted by Gasteiger charge is 2.09. The first-order chi connectivity index (χ1) is 7.86. The fourth-order valence-electron chi connectivity index (χ4n) is 1.80. The van der Waals surface area contributed by atoms with Gasteiger partial charge in [-0.05, 0) is 12.1 Å². The van der Waals surface area contributed by atoms with Gasteiger partial charge in [0.2, 0.25) is 0 Å². The van der Waals surface area contributed by atoms with Gasteiger partial charge in [0.25, 0.3) is 0 Å². The fourth-order valence-corrected chi connectivity index (χ4v) is 1.80. The Morgan fingerprint density at radius 2 is 2.00 bits per heavy atom. The third kappa shape index (κ3) is 3.12. The molecule has 0 saturated carbocycles. The highest BCUT2D eigenvalue weighted by molar-refractivity contribution is 5.55. The Labute approximate surface area is 95.8 Å². The van der Waals surface area contributed by atoms with E-state index < -0.39 is 0 Å². The highest BCUT2D eigenvalue weighted by atomic mass is 16.5. The van der Waals surface area contributed by atoms with Crippen molar-refractivity contribution in [1.29, 1.82) is 0 Å². The molecule has 0 radical (unpaired) electrons. The number of hydrogen-bond donors (Lipinski definition) is 2. The molecule has 4 nitrogen and oxygen atoms in total. The molecule has 1 aliphatic rings. The van der Waals surface area contributed by atoms with Gasteiger partial charge in [-0.3, -0.25) is 4.90 Å². The Morgan fingerprint density at radius 3 is 2.75 bits per heavy atom. The number of hydrogen-bond acceptors (Lipinski definition) is 4. The van der Waals surface area contributed by atoms with E-state index in [-0.39, 0.29) is 0 Å². The van der Waals surface area contributed by atoms with Crippen LogP contribution in [0.5, 0.6) is 5.75 Å². The van der Waals surface area contributed by atoms with Gasteiger partial charge in [0, 0.05) is 26.2 Å². The Kier molecular flexibility index (Phi) is 4.02.